The number of likely N-dealkylation sites (tertiary alicyclic amines) is 1. The summed E-state index contributed by atoms with van der Waals surface area (Å²) in [5.41, 5.74) is 1.46. The summed E-state index contributed by atoms with van der Waals surface area (Å²) in [6.45, 7) is 7.17. The summed E-state index contributed by atoms with van der Waals surface area (Å²) < 4.78 is 40.0. The van der Waals surface area contributed by atoms with Crippen LogP contribution in [-0.4, -0.2) is 74.2 Å². The van der Waals surface area contributed by atoms with Crippen molar-refractivity contribution in [2.75, 3.05) is 19.6 Å². The number of aromatic nitrogens is 2. The molecule has 1 aliphatic carbocycles. The fraction of sp³-hybridized carbons (Fsp3) is 0.656. The molecule has 8 nitrogen and oxygen atoms in total. The van der Waals surface area contributed by atoms with E-state index in [1.165, 1.54) is 12.1 Å². The van der Waals surface area contributed by atoms with E-state index in [1.54, 1.807) is 4.90 Å². The molecule has 2 amide bonds. The average molecular weight is 604 g/mol. The number of piperidine rings is 1. The Hall–Kier alpha value is -2.92. The quantitative estimate of drug-likeness (QED) is 0.393. The minimum atomic E-state index is -4.43. The van der Waals surface area contributed by atoms with Crippen LogP contribution in [0.1, 0.15) is 98.8 Å². The predicted molar refractivity (Wildman–Crippen MR) is 156 cm³/mol. The third kappa shape index (κ3) is 6.07. The molecular formula is C32H44F3N5O3. The van der Waals surface area contributed by atoms with Gasteiger partial charge >= 0.3 is 6.18 Å². The van der Waals surface area contributed by atoms with E-state index in [0.717, 1.165) is 74.0 Å². The Bertz CT molecular complexity index is 1260. The third-order valence-corrected chi connectivity index (χ3v) is 9.97. The first-order valence-electron chi connectivity index (χ1n) is 15.7. The number of aryl methyl sites for hydroxylation is 2. The van der Waals surface area contributed by atoms with Gasteiger partial charge in [0.05, 0.1) is 23.4 Å². The first kappa shape index (κ1) is 31.5. The lowest BCUT2D eigenvalue weighted by Gasteiger charge is -2.53. The largest absolute Gasteiger partial charge is 0.416 e. The number of aliphatic hydroxyl groups is 1. The molecule has 0 bridgehead atoms. The normalized spacial score (nSPS) is 23.4. The Balaban J connectivity index is 1.41. The molecule has 43 heavy (non-hydrogen) atoms. The summed E-state index contributed by atoms with van der Waals surface area (Å²) in [5.74, 6) is -0.428. The van der Waals surface area contributed by atoms with Crippen LogP contribution >= 0.6 is 0 Å². The van der Waals surface area contributed by atoms with Gasteiger partial charge in [-0.2, -0.15) is 18.3 Å². The number of hydrogen-bond acceptors (Lipinski definition) is 5. The molecular weight excluding hydrogens is 559 g/mol. The van der Waals surface area contributed by atoms with Crippen molar-refractivity contribution in [2.45, 2.75) is 108 Å². The number of halogens is 3. The highest BCUT2D eigenvalue weighted by atomic mass is 19.4. The topological polar surface area (TPSA) is 102 Å². The number of H-pyrrole nitrogens is 1. The number of rotatable bonds is 8. The molecule has 0 radical (unpaired) electrons. The van der Waals surface area contributed by atoms with Crippen molar-refractivity contribution in [1.82, 2.24) is 25.3 Å². The van der Waals surface area contributed by atoms with E-state index < -0.39 is 29.4 Å². The Kier molecular flexibility index (Phi) is 9.23. The van der Waals surface area contributed by atoms with E-state index in [9.17, 15) is 27.9 Å². The zero-order valence-electron chi connectivity index (χ0n) is 25.3. The zero-order valence-corrected chi connectivity index (χ0v) is 25.3. The van der Waals surface area contributed by atoms with Gasteiger partial charge in [-0.05, 0) is 69.6 Å². The zero-order chi connectivity index (χ0) is 30.9. The minimum absolute atomic E-state index is 0.00199. The molecule has 1 aromatic carbocycles. The van der Waals surface area contributed by atoms with Crippen LogP contribution < -0.4 is 5.32 Å². The van der Waals surface area contributed by atoms with Crippen molar-refractivity contribution >= 4 is 11.8 Å². The SMILES string of the molecule is CCCCN1C(=O)[C@@H]([C@H](O)C2CCCCC2)NC(=O)C12CCN(C(c1ccc(C(F)(F)F)cc1)c1c(C)n[nH]c1C)CC2. The number of amides is 2. The summed E-state index contributed by atoms with van der Waals surface area (Å²) in [6.07, 6.45) is 1.91. The maximum atomic E-state index is 14.0. The Morgan fingerprint density at radius 3 is 2.28 bits per heavy atom. The lowest BCUT2D eigenvalue weighted by atomic mass is 9.77. The molecule has 11 heteroatoms. The number of alkyl halides is 3. The van der Waals surface area contributed by atoms with Crippen molar-refractivity contribution in [3.8, 4) is 0 Å². The van der Waals surface area contributed by atoms with Crippen LogP contribution in [0, 0.1) is 19.8 Å². The van der Waals surface area contributed by atoms with Crippen LogP contribution in [0.25, 0.3) is 0 Å². The van der Waals surface area contributed by atoms with E-state index in [0.29, 0.717) is 38.0 Å². The van der Waals surface area contributed by atoms with Crippen LogP contribution in [0.5, 0.6) is 0 Å². The summed E-state index contributed by atoms with van der Waals surface area (Å²) in [7, 11) is 0. The van der Waals surface area contributed by atoms with E-state index in [1.807, 2.05) is 20.8 Å². The molecule has 236 valence electrons. The van der Waals surface area contributed by atoms with Gasteiger partial charge in [-0.1, -0.05) is 44.7 Å². The third-order valence-electron chi connectivity index (χ3n) is 9.97. The first-order valence-corrected chi connectivity index (χ1v) is 15.7. The summed E-state index contributed by atoms with van der Waals surface area (Å²) >= 11 is 0. The minimum Gasteiger partial charge on any atom is -0.390 e. The van der Waals surface area contributed by atoms with Crippen molar-refractivity contribution < 1.29 is 27.9 Å². The van der Waals surface area contributed by atoms with Crippen molar-refractivity contribution in [3.05, 3.63) is 52.3 Å². The summed E-state index contributed by atoms with van der Waals surface area (Å²) in [4.78, 5) is 31.9. The Labute approximate surface area is 251 Å². The number of aliphatic hydroxyl groups excluding tert-OH is 1. The molecule has 2 saturated heterocycles. The number of carbonyl (C=O) groups is 2. The van der Waals surface area contributed by atoms with Crippen LogP contribution in [0.3, 0.4) is 0 Å². The molecule has 2 aliphatic heterocycles. The van der Waals surface area contributed by atoms with E-state index >= 15 is 0 Å². The highest BCUT2D eigenvalue weighted by Gasteiger charge is 2.55. The molecule has 1 aromatic heterocycles. The fourth-order valence-electron chi connectivity index (χ4n) is 7.48. The fourth-order valence-corrected chi connectivity index (χ4v) is 7.48. The Morgan fingerprint density at radius 2 is 1.72 bits per heavy atom. The number of carbonyl (C=O) groups excluding carboxylic acids is 2. The van der Waals surface area contributed by atoms with Crippen LogP contribution in [0.2, 0.25) is 0 Å². The van der Waals surface area contributed by atoms with Gasteiger partial charge in [-0.25, -0.2) is 0 Å². The lowest BCUT2D eigenvalue weighted by Crippen LogP contribution is -2.75. The molecule has 1 spiro atoms. The average Bonchev–Trinajstić information content (AvgIpc) is 3.33. The van der Waals surface area contributed by atoms with E-state index in [-0.39, 0.29) is 23.8 Å². The number of nitrogens with one attached hydrogen (secondary N) is 2. The van der Waals surface area contributed by atoms with Crippen molar-refractivity contribution in [1.29, 1.82) is 0 Å². The molecule has 1 saturated carbocycles. The van der Waals surface area contributed by atoms with Gasteiger partial charge in [-0.3, -0.25) is 19.6 Å². The number of unbranched alkanes of at least 4 members (excludes halogenated alkanes) is 1. The van der Waals surface area contributed by atoms with Crippen LogP contribution in [0.15, 0.2) is 24.3 Å². The molecule has 2 aromatic rings. The number of benzene rings is 1. The van der Waals surface area contributed by atoms with Gasteiger partial charge in [0.25, 0.3) is 0 Å². The molecule has 5 rings (SSSR count). The number of nitrogens with zero attached hydrogens (tertiary/aromatic N) is 3. The van der Waals surface area contributed by atoms with Crippen molar-refractivity contribution in [2.24, 2.45) is 5.92 Å². The van der Waals surface area contributed by atoms with Gasteiger partial charge in [0.15, 0.2) is 0 Å². The summed E-state index contributed by atoms with van der Waals surface area (Å²) in [5, 5.41) is 21.6. The number of aromatic amines is 1. The maximum absolute atomic E-state index is 14.0. The Morgan fingerprint density at radius 1 is 1.07 bits per heavy atom. The van der Waals surface area contributed by atoms with Gasteiger partial charge in [0.2, 0.25) is 11.8 Å². The molecule has 3 aliphatic rings. The van der Waals surface area contributed by atoms with Gasteiger partial charge in [-0.15, -0.1) is 0 Å². The van der Waals surface area contributed by atoms with Crippen molar-refractivity contribution in [3.63, 3.8) is 0 Å². The molecule has 3 heterocycles. The smallest absolute Gasteiger partial charge is 0.390 e. The first-order chi connectivity index (χ1) is 20.5. The second kappa shape index (κ2) is 12.6. The van der Waals surface area contributed by atoms with E-state index in [2.05, 4.69) is 20.4 Å². The maximum Gasteiger partial charge on any atom is 0.416 e. The second-order valence-electron chi connectivity index (χ2n) is 12.6. The number of piperazine rings is 1. The van der Waals surface area contributed by atoms with Crippen LogP contribution in [-0.2, 0) is 15.8 Å². The standard InChI is InChI=1S/C32H44F3N5O3/c1-4-5-17-40-29(42)26(28(41)23-9-7-6-8-10-23)36-30(43)31(40)15-18-39(19-16-31)27(25-20(2)37-38-21(25)3)22-11-13-24(14-12-22)32(33,34)35/h11-14,23,26-28,41H,4-10,15-19H2,1-3H3,(H,36,43)(H,37,38)/t26-,27?,28-/m1/s1. The van der Waals surface area contributed by atoms with Gasteiger partial charge < -0.3 is 15.3 Å². The molecule has 3 fully saturated rings. The van der Waals surface area contributed by atoms with E-state index in [4.69, 9.17) is 0 Å². The predicted octanol–water partition coefficient (Wildman–Crippen LogP) is 5.04. The van der Waals surface area contributed by atoms with Gasteiger partial charge in [0.1, 0.15) is 11.6 Å². The van der Waals surface area contributed by atoms with Crippen LogP contribution in [0.4, 0.5) is 13.2 Å². The second-order valence-corrected chi connectivity index (χ2v) is 12.6. The number of hydrogen-bond donors (Lipinski definition) is 3. The molecule has 3 N–H and O–H groups in total. The molecule has 1 unspecified atom stereocenters. The highest BCUT2D eigenvalue weighted by Crippen LogP contribution is 2.41. The highest BCUT2D eigenvalue weighted by molar-refractivity contribution is 6.00. The lowest BCUT2D eigenvalue weighted by molar-refractivity contribution is -0.166. The van der Waals surface area contributed by atoms with Gasteiger partial charge in [0, 0.05) is 30.9 Å². The summed E-state index contributed by atoms with van der Waals surface area (Å²) in [6, 6.07) is 3.95. The molecule has 3 atom stereocenters. The monoisotopic (exact) mass is 603 g/mol.